The van der Waals surface area contributed by atoms with Gasteiger partial charge in [-0.05, 0) is 24.3 Å². The van der Waals surface area contributed by atoms with E-state index in [4.69, 9.17) is 16.7 Å². The van der Waals surface area contributed by atoms with E-state index in [0.717, 1.165) is 17.4 Å². The average Bonchev–Trinajstić information content (AvgIpc) is 2.97. The van der Waals surface area contributed by atoms with Crippen molar-refractivity contribution in [2.75, 3.05) is 10.6 Å². The minimum absolute atomic E-state index is 0.0808. The molecule has 0 saturated carbocycles. The number of primary sulfonamides is 1. The number of aromatic hydroxyl groups is 1. The van der Waals surface area contributed by atoms with Crippen molar-refractivity contribution < 1.29 is 13.5 Å². The number of hydrogen-bond donors (Lipinski definition) is 4. The third kappa shape index (κ3) is 3.82. The first-order chi connectivity index (χ1) is 11.9. The van der Waals surface area contributed by atoms with E-state index < -0.39 is 20.7 Å². The van der Waals surface area contributed by atoms with Crippen molar-refractivity contribution in [3.8, 4) is 5.75 Å². The summed E-state index contributed by atoms with van der Waals surface area (Å²) in [5.41, 5.74) is 0.876. The molecule has 0 amide bonds. The van der Waals surface area contributed by atoms with Crippen LogP contribution in [0, 0.1) is 0 Å². The Labute approximate surface area is 152 Å². The number of halogens is 1. The van der Waals surface area contributed by atoms with Gasteiger partial charge in [0.15, 0.2) is 17.4 Å². The molecule has 0 aliphatic carbocycles. The highest BCUT2D eigenvalue weighted by molar-refractivity contribution is 7.89. The molecule has 0 radical (unpaired) electrons. The molecule has 25 heavy (non-hydrogen) atoms. The highest BCUT2D eigenvalue weighted by Gasteiger charge is 2.22. The van der Waals surface area contributed by atoms with Gasteiger partial charge in [0, 0.05) is 5.69 Å². The Morgan fingerprint density at radius 3 is 2.32 bits per heavy atom. The normalized spacial score (nSPS) is 11.3. The number of nitrogens with two attached hydrogens (primary N) is 1. The molecule has 0 spiro atoms. The van der Waals surface area contributed by atoms with E-state index in [9.17, 15) is 13.5 Å². The predicted molar refractivity (Wildman–Crippen MR) is 97.4 cm³/mol. The predicted octanol–water partition coefficient (Wildman–Crippen LogP) is 3.03. The van der Waals surface area contributed by atoms with Gasteiger partial charge in [0.25, 0.3) is 0 Å². The van der Waals surface area contributed by atoms with Crippen LogP contribution >= 0.6 is 23.3 Å². The van der Waals surface area contributed by atoms with Crippen LogP contribution in [0.4, 0.5) is 23.0 Å². The van der Waals surface area contributed by atoms with Gasteiger partial charge in [0.05, 0.1) is 22.4 Å². The number of phenolic OH excluding ortho intramolecular Hbond substituents is 1. The fourth-order valence-corrected chi connectivity index (χ4v) is 3.72. The van der Waals surface area contributed by atoms with Crippen molar-refractivity contribution in [1.29, 1.82) is 0 Å². The number of para-hydroxylation sites is 1. The zero-order valence-corrected chi connectivity index (χ0v) is 14.9. The van der Waals surface area contributed by atoms with Crippen LogP contribution < -0.4 is 15.8 Å². The van der Waals surface area contributed by atoms with E-state index in [1.165, 1.54) is 12.1 Å². The molecule has 0 aliphatic rings. The van der Waals surface area contributed by atoms with Crippen LogP contribution in [0.1, 0.15) is 0 Å². The molecule has 0 atom stereocenters. The fraction of sp³-hybridized carbons (Fsp3) is 0. The summed E-state index contributed by atoms with van der Waals surface area (Å²) in [6.45, 7) is 0. The Bertz CT molecular complexity index is 1010. The highest BCUT2D eigenvalue weighted by atomic mass is 35.5. The van der Waals surface area contributed by atoms with Gasteiger partial charge in [0.2, 0.25) is 10.0 Å². The van der Waals surface area contributed by atoms with Gasteiger partial charge in [-0.3, -0.25) is 0 Å². The summed E-state index contributed by atoms with van der Waals surface area (Å²) in [5, 5.41) is 21.0. The molecule has 0 saturated heterocycles. The fourth-order valence-electron chi connectivity index (χ4n) is 2.06. The zero-order chi connectivity index (χ0) is 18.0. The van der Waals surface area contributed by atoms with Gasteiger partial charge in [-0.15, -0.1) is 0 Å². The lowest BCUT2D eigenvalue weighted by molar-refractivity contribution is 0.461. The third-order valence-electron chi connectivity index (χ3n) is 3.15. The molecule has 1 aromatic heterocycles. The molecule has 0 unspecified atom stereocenters. The van der Waals surface area contributed by atoms with Crippen molar-refractivity contribution in [2.45, 2.75) is 4.90 Å². The zero-order valence-electron chi connectivity index (χ0n) is 12.5. The SMILES string of the molecule is NS(=O)(=O)c1c(Cl)ccc(Nc2nsnc2Nc2ccccc2)c1O. The Morgan fingerprint density at radius 2 is 1.68 bits per heavy atom. The van der Waals surface area contributed by atoms with E-state index >= 15 is 0 Å². The minimum Gasteiger partial charge on any atom is -0.504 e. The van der Waals surface area contributed by atoms with Crippen molar-refractivity contribution in [1.82, 2.24) is 8.75 Å². The number of nitrogens with one attached hydrogen (secondary N) is 2. The number of sulfonamides is 1. The topological polar surface area (TPSA) is 130 Å². The number of aromatic nitrogens is 2. The Balaban J connectivity index is 1.93. The molecule has 130 valence electrons. The lowest BCUT2D eigenvalue weighted by Gasteiger charge is -2.12. The van der Waals surface area contributed by atoms with Crippen LogP contribution in [0.15, 0.2) is 47.4 Å². The number of phenols is 1. The molecule has 1 heterocycles. The van der Waals surface area contributed by atoms with Crippen LogP contribution in [-0.4, -0.2) is 22.3 Å². The molecular formula is C14H12ClN5O3S2. The van der Waals surface area contributed by atoms with Gasteiger partial charge in [0.1, 0.15) is 4.90 Å². The molecule has 3 rings (SSSR count). The molecule has 2 aromatic carbocycles. The van der Waals surface area contributed by atoms with Crippen LogP contribution in [-0.2, 0) is 10.0 Å². The summed E-state index contributed by atoms with van der Waals surface area (Å²) in [5.74, 6) is 0.142. The van der Waals surface area contributed by atoms with Crippen LogP contribution in [0.2, 0.25) is 5.02 Å². The molecule has 5 N–H and O–H groups in total. The lowest BCUT2D eigenvalue weighted by Crippen LogP contribution is -2.13. The first-order valence-corrected chi connectivity index (χ1v) is 9.47. The molecule has 8 nitrogen and oxygen atoms in total. The summed E-state index contributed by atoms with van der Waals surface area (Å²) in [6.07, 6.45) is 0. The van der Waals surface area contributed by atoms with Gasteiger partial charge in [-0.1, -0.05) is 29.8 Å². The summed E-state index contributed by atoms with van der Waals surface area (Å²) in [4.78, 5) is -0.556. The first kappa shape index (κ1) is 17.4. The van der Waals surface area contributed by atoms with Gasteiger partial charge < -0.3 is 15.7 Å². The number of nitrogens with zero attached hydrogens (tertiary/aromatic N) is 2. The van der Waals surface area contributed by atoms with Crippen LogP contribution in [0.5, 0.6) is 5.75 Å². The van der Waals surface area contributed by atoms with Crippen molar-refractivity contribution in [2.24, 2.45) is 5.14 Å². The van der Waals surface area contributed by atoms with Gasteiger partial charge in [-0.2, -0.15) is 8.75 Å². The molecule has 3 aromatic rings. The number of hydrogen-bond acceptors (Lipinski definition) is 8. The summed E-state index contributed by atoms with van der Waals surface area (Å²) >= 11 is 6.77. The molecular weight excluding hydrogens is 386 g/mol. The molecule has 0 bridgehead atoms. The largest absolute Gasteiger partial charge is 0.504 e. The van der Waals surface area contributed by atoms with Crippen molar-refractivity contribution in [3.05, 3.63) is 47.5 Å². The maximum atomic E-state index is 11.6. The highest BCUT2D eigenvalue weighted by Crippen LogP contribution is 2.38. The Hall–Kier alpha value is -2.40. The number of benzene rings is 2. The first-order valence-electron chi connectivity index (χ1n) is 6.82. The van der Waals surface area contributed by atoms with Crippen molar-refractivity contribution >= 4 is 56.4 Å². The number of rotatable bonds is 5. The molecule has 0 aliphatic heterocycles. The summed E-state index contributed by atoms with van der Waals surface area (Å²) in [6, 6.07) is 12.0. The van der Waals surface area contributed by atoms with Gasteiger partial charge in [-0.25, -0.2) is 13.6 Å². The molecule has 0 fully saturated rings. The lowest BCUT2D eigenvalue weighted by atomic mass is 10.3. The second-order valence-electron chi connectivity index (χ2n) is 4.90. The Morgan fingerprint density at radius 1 is 1.04 bits per heavy atom. The standard InChI is InChI=1S/C14H12ClN5O3S2/c15-9-6-7-10(11(21)12(9)25(16,22)23)18-14-13(19-24-20-14)17-8-4-2-1-3-5-8/h1-7,21H,(H,17,19)(H,18,20)(H2,16,22,23). The van der Waals surface area contributed by atoms with E-state index in [1.54, 1.807) is 0 Å². The smallest absolute Gasteiger partial charge is 0.243 e. The second-order valence-corrected chi connectivity index (χ2v) is 7.33. The van der Waals surface area contributed by atoms with E-state index in [0.29, 0.717) is 11.6 Å². The Kier molecular flexibility index (Phi) is 4.77. The van der Waals surface area contributed by atoms with E-state index in [-0.39, 0.29) is 10.7 Å². The third-order valence-corrected chi connectivity index (χ3v) is 5.08. The van der Waals surface area contributed by atoms with Crippen LogP contribution in [0.25, 0.3) is 0 Å². The van der Waals surface area contributed by atoms with Gasteiger partial charge >= 0.3 is 0 Å². The van der Waals surface area contributed by atoms with E-state index in [2.05, 4.69) is 19.4 Å². The monoisotopic (exact) mass is 397 g/mol. The average molecular weight is 398 g/mol. The summed E-state index contributed by atoms with van der Waals surface area (Å²) < 4.78 is 31.4. The summed E-state index contributed by atoms with van der Waals surface area (Å²) in [7, 11) is -4.20. The quantitative estimate of drug-likeness (QED) is 0.486. The van der Waals surface area contributed by atoms with Crippen molar-refractivity contribution in [3.63, 3.8) is 0 Å². The molecule has 11 heteroatoms. The maximum Gasteiger partial charge on any atom is 0.243 e. The minimum atomic E-state index is -4.20. The number of anilines is 4. The van der Waals surface area contributed by atoms with Crippen LogP contribution in [0.3, 0.4) is 0 Å². The second kappa shape index (κ2) is 6.84. The van der Waals surface area contributed by atoms with E-state index in [1.807, 2.05) is 30.3 Å². The maximum absolute atomic E-state index is 11.6.